The first kappa shape index (κ1) is 13.7. The summed E-state index contributed by atoms with van der Waals surface area (Å²) in [6, 6.07) is 2.57. The maximum Gasteiger partial charge on any atom is 0.586 e. The predicted octanol–water partition coefficient (Wildman–Crippen LogP) is 2.58. The number of halogens is 3. The number of alkyl halides is 2. The van der Waals surface area contributed by atoms with Crippen LogP contribution in [-0.2, 0) is 15.4 Å². The lowest BCUT2D eigenvalue weighted by molar-refractivity contribution is -0.286. The summed E-state index contributed by atoms with van der Waals surface area (Å²) >= 11 is 1.31. The number of aromatic nitrogens is 2. The molecule has 1 aliphatic rings. The average molecular weight is 369 g/mol. The van der Waals surface area contributed by atoms with E-state index in [1.165, 1.54) is 16.1 Å². The Kier molecular flexibility index (Phi) is 3.18. The van der Waals surface area contributed by atoms with Crippen molar-refractivity contribution in [3.63, 3.8) is 0 Å². The highest BCUT2D eigenvalue weighted by Gasteiger charge is 2.44. The first-order valence-electron chi connectivity index (χ1n) is 5.44. The highest BCUT2D eigenvalue weighted by atomic mass is 79.9. The Morgan fingerprint density at radius 3 is 2.75 bits per heavy atom. The number of nitrogens with zero attached hydrogens (tertiary/aromatic N) is 2. The van der Waals surface area contributed by atoms with Crippen LogP contribution in [-0.4, -0.2) is 26.1 Å². The van der Waals surface area contributed by atoms with Crippen molar-refractivity contribution in [3.05, 3.63) is 16.9 Å². The Bertz CT molecular complexity index is 721. The molecule has 0 fully saturated rings. The molecule has 108 valence electrons. The zero-order valence-corrected chi connectivity index (χ0v) is 12.3. The molecule has 0 saturated carbocycles. The Balaban J connectivity index is 2.15. The third-order valence-corrected chi connectivity index (χ3v) is 4.34. The molecular weight excluding hydrogens is 362 g/mol. The van der Waals surface area contributed by atoms with Crippen molar-refractivity contribution in [2.75, 3.05) is 6.61 Å². The average Bonchev–Trinajstić information content (AvgIpc) is 2.79. The summed E-state index contributed by atoms with van der Waals surface area (Å²) in [6.07, 6.45) is -3.71. The SMILES string of the molecule is CCOS(=O)n1c(Br)nc2cc3c(cc21)OC(F)(F)O3. The number of fused-ring (bicyclic) bond motifs is 2. The van der Waals surface area contributed by atoms with Gasteiger partial charge in [-0.25, -0.2) is 13.2 Å². The van der Waals surface area contributed by atoms with Crippen LogP contribution >= 0.6 is 15.9 Å². The lowest BCUT2D eigenvalue weighted by atomic mass is 10.3. The summed E-state index contributed by atoms with van der Waals surface area (Å²) in [6.45, 7) is 1.90. The minimum atomic E-state index is -3.71. The highest BCUT2D eigenvalue weighted by Crippen LogP contribution is 2.43. The fraction of sp³-hybridized carbons (Fsp3) is 0.300. The number of rotatable bonds is 3. The van der Waals surface area contributed by atoms with Gasteiger partial charge in [-0.15, -0.1) is 8.78 Å². The molecule has 2 aromatic rings. The van der Waals surface area contributed by atoms with E-state index in [2.05, 4.69) is 30.4 Å². The monoisotopic (exact) mass is 368 g/mol. The largest absolute Gasteiger partial charge is 0.586 e. The van der Waals surface area contributed by atoms with Gasteiger partial charge in [-0.3, -0.25) is 4.18 Å². The van der Waals surface area contributed by atoms with Gasteiger partial charge in [-0.05, 0) is 22.9 Å². The standard InChI is InChI=1S/C10H7BrF2N2O4S/c1-2-17-20(16)15-6-4-8-7(18-10(12,13)19-8)3-5(6)14-9(15)11/h3-4H,2H2,1H3. The van der Waals surface area contributed by atoms with Gasteiger partial charge < -0.3 is 9.47 Å². The maximum absolute atomic E-state index is 13.0. The van der Waals surface area contributed by atoms with E-state index in [-0.39, 0.29) is 22.8 Å². The van der Waals surface area contributed by atoms with E-state index in [9.17, 15) is 13.0 Å². The van der Waals surface area contributed by atoms with Gasteiger partial charge in [0.15, 0.2) is 16.2 Å². The van der Waals surface area contributed by atoms with Crippen LogP contribution in [0.4, 0.5) is 8.78 Å². The molecule has 10 heteroatoms. The number of hydrogen-bond acceptors (Lipinski definition) is 5. The van der Waals surface area contributed by atoms with Gasteiger partial charge in [0.05, 0.1) is 17.6 Å². The van der Waals surface area contributed by atoms with Gasteiger partial charge in [0.25, 0.3) is 11.3 Å². The molecule has 1 aromatic carbocycles. The van der Waals surface area contributed by atoms with Crippen LogP contribution in [0.3, 0.4) is 0 Å². The summed E-state index contributed by atoms with van der Waals surface area (Å²) < 4.78 is 53.0. The Morgan fingerprint density at radius 1 is 1.45 bits per heavy atom. The number of benzene rings is 1. The summed E-state index contributed by atoms with van der Waals surface area (Å²) in [5.41, 5.74) is 0.647. The molecule has 0 radical (unpaired) electrons. The summed E-state index contributed by atoms with van der Waals surface area (Å²) in [7, 11) is 0. The van der Waals surface area contributed by atoms with E-state index >= 15 is 0 Å². The zero-order chi connectivity index (χ0) is 14.5. The van der Waals surface area contributed by atoms with Gasteiger partial charge in [-0.1, -0.05) is 0 Å². The molecule has 0 spiro atoms. The minimum Gasteiger partial charge on any atom is -0.395 e. The van der Waals surface area contributed by atoms with Crippen LogP contribution in [0.5, 0.6) is 11.5 Å². The molecule has 0 amide bonds. The van der Waals surface area contributed by atoms with E-state index in [1.807, 2.05) is 0 Å². The molecule has 1 aromatic heterocycles. The van der Waals surface area contributed by atoms with E-state index in [4.69, 9.17) is 4.18 Å². The molecule has 0 bridgehead atoms. The minimum absolute atomic E-state index is 0.123. The van der Waals surface area contributed by atoms with Gasteiger partial charge in [0.1, 0.15) is 0 Å². The number of hydrogen-bond donors (Lipinski definition) is 0. The molecule has 0 aliphatic carbocycles. The lowest BCUT2D eigenvalue weighted by Gasteiger charge is -2.05. The quantitative estimate of drug-likeness (QED) is 0.833. The van der Waals surface area contributed by atoms with Gasteiger partial charge >= 0.3 is 6.29 Å². The van der Waals surface area contributed by atoms with Crippen molar-refractivity contribution in [3.8, 4) is 11.5 Å². The molecule has 0 saturated heterocycles. The van der Waals surface area contributed by atoms with Crippen molar-refractivity contribution in [1.29, 1.82) is 0 Å². The van der Waals surface area contributed by atoms with Gasteiger partial charge in [0.2, 0.25) is 0 Å². The zero-order valence-electron chi connectivity index (χ0n) is 9.93. The van der Waals surface area contributed by atoms with E-state index in [0.29, 0.717) is 11.0 Å². The fourth-order valence-electron chi connectivity index (χ4n) is 1.77. The number of imidazole rings is 1. The van der Waals surface area contributed by atoms with Crippen molar-refractivity contribution in [2.45, 2.75) is 13.2 Å². The fourth-order valence-corrected chi connectivity index (χ4v) is 3.28. The van der Waals surface area contributed by atoms with Crippen LogP contribution in [0.2, 0.25) is 0 Å². The predicted molar refractivity (Wildman–Crippen MR) is 68.8 cm³/mol. The number of ether oxygens (including phenoxy) is 2. The summed E-state index contributed by atoms with van der Waals surface area (Å²) in [5.74, 6) is -0.272. The molecule has 1 unspecified atom stereocenters. The molecular formula is C10H7BrF2N2O4S. The summed E-state index contributed by atoms with van der Waals surface area (Å²) in [5, 5.41) is 0. The van der Waals surface area contributed by atoms with Crippen molar-refractivity contribution in [1.82, 2.24) is 8.96 Å². The van der Waals surface area contributed by atoms with Gasteiger partial charge in [0, 0.05) is 12.1 Å². The summed E-state index contributed by atoms with van der Waals surface area (Å²) in [4.78, 5) is 4.07. The van der Waals surface area contributed by atoms with E-state index in [1.54, 1.807) is 6.92 Å². The first-order valence-corrected chi connectivity index (χ1v) is 7.27. The smallest absolute Gasteiger partial charge is 0.395 e. The van der Waals surface area contributed by atoms with Crippen molar-refractivity contribution in [2.24, 2.45) is 0 Å². The van der Waals surface area contributed by atoms with Crippen LogP contribution in [0.15, 0.2) is 16.9 Å². The molecule has 6 nitrogen and oxygen atoms in total. The maximum atomic E-state index is 13.0. The van der Waals surface area contributed by atoms with Crippen LogP contribution in [0, 0.1) is 0 Å². The lowest BCUT2D eigenvalue weighted by Crippen LogP contribution is -2.25. The van der Waals surface area contributed by atoms with E-state index in [0.717, 1.165) is 0 Å². The highest BCUT2D eigenvalue weighted by molar-refractivity contribution is 9.10. The topological polar surface area (TPSA) is 62.6 Å². The molecule has 0 N–H and O–H groups in total. The Hall–Kier alpha value is -1.26. The molecule has 3 rings (SSSR count). The second-order valence-electron chi connectivity index (χ2n) is 3.75. The Morgan fingerprint density at radius 2 is 2.10 bits per heavy atom. The third-order valence-electron chi connectivity index (χ3n) is 2.47. The molecule has 1 aliphatic heterocycles. The third kappa shape index (κ3) is 2.17. The van der Waals surface area contributed by atoms with E-state index < -0.39 is 17.6 Å². The Labute approximate surface area is 122 Å². The molecule has 20 heavy (non-hydrogen) atoms. The first-order chi connectivity index (χ1) is 9.41. The second kappa shape index (κ2) is 4.64. The van der Waals surface area contributed by atoms with Crippen molar-refractivity contribution < 1.29 is 26.6 Å². The van der Waals surface area contributed by atoms with Gasteiger partial charge in [-0.2, -0.15) is 0 Å². The van der Waals surface area contributed by atoms with Crippen LogP contribution in [0.1, 0.15) is 6.92 Å². The second-order valence-corrected chi connectivity index (χ2v) is 5.50. The molecule has 2 heterocycles. The molecule has 1 atom stereocenters. The normalized spacial score (nSPS) is 17.6. The van der Waals surface area contributed by atoms with Crippen LogP contribution < -0.4 is 9.47 Å². The van der Waals surface area contributed by atoms with Crippen LogP contribution in [0.25, 0.3) is 11.0 Å². The van der Waals surface area contributed by atoms with Crippen molar-refractivity contribution >= 4 is 38.2 Å².